The van der Waals surface area contributed by atoms with Crippen LogP contribution in [0.3, 0.4) is 0 Å². The molecule has 5 atom stereocenters. The summed E-state index contributed by atoms with van der Waals surface area (Å²) in [5.41, 5.74) is -0.607. The predicted octanol–water partition coefficient (Wildman–Crippen LogP) is 2.81. The molecule has 0 radical (unpaired) electrons. The average molecular weight is 537 g/mol. The molecular formula is C30H40N4O5. The summed E-state index contributed by atoms with van der Waals surface area (Å²) in [5, 5.41) is 15.8. The Morgan fingerprint density at radius 1 is 0.949 bits per heavy atom. The van der Waals surface area contributed by atoms with Crippen molar-refractivity contribution in [2.24, 2.45) is 11.8 Å². The second-order valence-corrected chi connectivity index (χ2v) is 11.9. The predicted molar refractivity (Wildman–Crippen MR) is 146 cm³/mol. The smallest absolute Gasteiger partial charge is 0.246 e. The van der Waals surface area contributed by atoms with E-state index in [9.17, 15) is 19.5 Å². The molecule has 1 aromatic carbocycles. The van der Waals surface area contributed by atoms with Crippen LogP contribution in [0, 0.1) is 11.8 Å². The van der Waals surface area contributed by atoms with E-state index in [-0.39, 0.29) is 29.5 Å². The van der Waals surface area contributed by atoms with Crippen LogP contribution >= 0.6 is 0 Å². The topological polar surface area (TPSA) is 111 Å². The van der Waals surface area contributed by atoms with Gasteiger partial charge in [-0.15, -0.1) is 0 Å². The molecule has 4 heterocycles. The summed E-state index contributed by atoms with van der Waals surface area (Å²) < 4.78 is 6.46. The Morgan fingerprint density at radius 2 is 1.64 bits per heavy atom. The minimum absolute atomic E-state index is 0.107. The highest BCUT2D eigenvalue weighted by atomic mass is 16.5. The molecule has 1 saturated carbocycles. The van der Waals surface area contributed by atoms with Gasteiger partial charge in [0, 0.05) is 24.8 Å². The number of likely N-dealkylation sites (tertiary alicyclic amines) is 2. The molecule has 210 valence electrons. The van der Waals surface area contributed by atoms with Crippen molar-refractivity contribution in [3.8, 4) is 5.75 Å². The first-order chi connectivity index (χ1) is 19.0. The number of carbonyl (C=O) groups excluding carboxylic acids is 3. The van der Waals surface area contributed by atoms with E-state index in [1.54, 1.807) is 17.0 Å². The number of anilines is 1. The number of ether oxygens (including phenoxy) is 1. The highest BCUT2D eigenvalue weighted by Crippen LogP contribution is 2.55. The second kappa shape index (κ2) is 10.9. The molecule has 5 aliphatic rings. The maximum Gasteiger partial charge on any atom is 0.246 e. The summed E-state index contributed by atoms with van der Waals surface area (Å²) >= 11 is 0. The van der Waals surface area contributed by atoms with E-state index in [1.807, 2.05) is 12.2 Å². The number of nitrogens with zero attached hydrogens (tertiary/aromatic N) is 2. The lowest BCUT2D eigenvalue weighted by Crippen LogP contribution is -2.57. The Hall–Kier alpha value is -2.91. The minimum atomic E-state index is -1.14. The third kappa shape index (κ3) is 4.95. The van der Waals surface area contributed by atoms with Gasteiger partial charge in [-0.1, -0.05) is 44.3 Å². The molecule has 1 aromatic rings. The Balaban J connectivity index is 1.26. The van der Waals surface area contributed by atoms with Crippen molar-refractivity contribution in [1.29, 1.82) is 0 Å². The zero-order chi connectivity index (χ0) is 27.0. The largest absolute Gasteiger partial charge is 0.508 e. The van der Waals surface area contributed by atoms with Gasteiger partial charge in [0.25, 0.3) is 0 Å². The molecule has 6 rings (SSSR count). The molecule has 39 heavy (non-hydrogen) atoms. The van der Waals surface area contributed by atoms with Crippen molar-refractivity contribution in [3.05, 3.63) is 36.4 Å². The summed E-state index contributed by atoms with van der Waals surface area (Å²) in [6.07, 6.45) is 13.2. The highest BCUT2D eigenvalue weighted by Gasteiger charge is 2.72. The van der Waals surface area contributed by atoms with Gasteiger partial charge in [0.05, 0.1) is 17.9 Å². The monoisotopic (exact) mass is 536 g/mol. The van der Waals surface area contributed by atoms with Crippen molar-refractivity contribution in [2.75, 3.05) is 31.5 Å². The van der Waals surface area contributed by atoms with Gasteiger partial charge in [-0.3, -0.25) is 14.4 Å². The first-order valence-electron chi connectivity index (χ1n) is 14.8. The van der Waals surface area contributed by atoms with Crippen LogP contribution in [0.25, 0.3) is 0 Å². The summed E-state index contributed by atoms with van der Waals surface area (Å²) in [6, 6.07) is 5.57. The molecule has 3 saturated heterocycles. The normalized spacial score (nSPS) is 32.7. The van der Waals surface area contributed by atoms with Gasteiger partial charge in [0.1, 0.15) is 17.4 Å². The van der Waals surface area contributed by atoms with E-state index in [1.165, 1.54) is 31.4 Å². The van der Waals surface area contributed by atoms with Crippen LogP contribution in [0.2, 0.25) is 0 Å². The van der Waals surface area contributed by atoms with Crippen molar-refractivity contribution < 1.29 is 24.2 Å². The van der Waals surface area contributed by atoms with E-state index >= 15 is 0 Å². The van der Waals surface area contributed by atoms with Gasteiger partial charge in [-0.25, -0.2) is 0 Å². The molecule has 9 nitrogen and oxygen atoms in total. The molecule has 4 fully saturated rings. The molecule has 3 amide bonds. The second-order valence-electron chi connectivity index (χ2n) is 11.9. The van der Waals surface area contributed by atoms with Gasteiger partial charge >= 0.3 is 0 Å². The first kappa shape index (κ1) is 26.3. The molecule has 9 heteroatoms. The Bertz CT molecular complexity index is 1110. The minimum Gasteiger partial charge on any atom is -0.508 e. The maximum atomic E-state index is 14.1. The van der Waals surface area contributed by atoms with Crippen molar-refractivity contribution in [3.63, 3.8) is 0 Å². The third-order valence-electron chi connectivity index (χ3n) is 9.37. The van der Waals surface area contributed by atoms with E-state index in [4.69, 9.17) is 4.74 Å². The summed E-state index contributed by atoms with van der Waals surface area (Å²) in [7, 11) is 0. The lowest BCUT2D eigenvalue weighted by atomic mass is 9.74. The number of phenols is 1. The van der Waals surface area contributed by atoms with Crippen LogP contribution in [0.5, 0.6) is 5.75 Å². The highest BCUT2D eigenvalue weighted by molar-refractivity contribution is 6.02. The Morgan fingerprint density at radius 3 is 2.36 bits per heavy atom. The van der Waals surface area contributed by atoms with E-state index < -0.39 is 29.6 Å². The maximum absolute atomic E-state index is 14.1. The fourth-order valence-electron chi connectivity index (χ4n) is 7.41. The van der Waals surface area contributed by atoms with E-state index in [0.717, 1.165) is 51.6 Å². The number of benzene rings is 1. The lowest BCUT2D eigenvalue weighted by Gasteiger charge is -2.35. The molecule has 1 aliphatic carbocycles. The van der Waals surface area contributed by atoms with Crippen LogP contribution in [-0.2, 0) is 19.1 Å². The molecular weight excluding hydrogens is 496 g/mol. The number of hydrogen-bond acceptors (Lipinski definition) is 6. The summed E-state index contributed by atoms with van der Waals surface area (Å²) in [5.74, 6) is -2.03. The number of nitrogens with one attached hydrogen (secondary N) is 2. The standard InChI is InChI=1S/C30H40N4O5/c35-22-12-10-21(11-13-22)31-27(36)24-23-14-15-30(39-23)25(24)29(38)34(19-18-33-16-6-1-2-7-17-33)26(30)28(37)32-20-8-4-3-5-9-20/h10-15,20,23-26,35H,1-9,16-19H2,(H,31,36)(H,32,37)/t23-,24+,25+,26?,30+/m1/s1. The molecule has 1 unspecified atom stereocenters. The quantitative estimate of drug-likeness (QED) is 0.365. The van der Waals surface area contributed by atoms with E-state index in [0.29, 0.717) is 18.8 Å². The number of rotatable bonds is 7. The van der Waals surface area contributed by atoms with Crippen molar-refractivity contribution in [1.82, 2.24) is 15.1 Å². The number of hydrogen-bond donors (Lipinski definition) is 3. The van der Waals surface area contributed by atoms with Crippen molar-refractivity contribution >= 4 is 23.4 Å². The zero-order valence-electron chi connectivity index (χ0n) is 22.5. The van der Waals surface area contributed by atoms with Gasteiger partial charge in [-0.05, 0) is 63.0 Å². The molecule has 2 bridgehead atoms. The molecule has 4 aliphatic heterocycles. The summed E-state index contributed by atoms with van der Waals surface area (Å²) in [4.78, 5) is 45.7. The van der Waals surface area contributed by atoms with Crippen LogP contribution in [0.15, 0.2) is 36.4 Å². The van der Waals surface area contributed by atoms with Gasteiger partial charge in [0.15, 0.2) is 0 Å². The van der Waals surface area contributed by atoms with Crippen molar-refractivity contribution in [2.45, 2.75) is 81.6 Å². The first-order valence-corrected chi connectivity index (χ1v) is 14.8. The van der Waals surface area contributed by atoms with Gasteiger partial charge in [-0.2, -0.15) is 0 Å². The molecule has 0 aromatic heterocycles. The molecule has 1 spiro atoms. The van der Waals surface area contributed by atoms with Crippen LogP contribution in [0.1, 0.15) is 57.8 Å². The Labute approximate surface area is 229 Å². The SMILES string of the molecule is O=C(NC1CCCCC1)C1N(CCN2CCCCCC2)C(=O)[C@@H]2[C@@H](C(=O)Nc3ccc(O)cc3)[C@H]3C=C[C@@]12O3. The average Bonchev–Trinajstić information content (AvgIpc) is 3.48. The number of carbonyl (C=O) groups is 3. The fraction of sp³-hybridized carbons (Fsp3) is 0.633. The Kier molecular flexibility index (Phi) is 7.37. The van der Waals surface area contributed by atoms with E-state index in [2.05, 4.69) is 15.5 Å². The molecule has 3 N–H and O–H groups in total. The lowest BCUT2D eigenvalue weighted by molar-refractivity contribution is -0.141. The number of phenolic OH excluding ortho intramolecular Hbond substituents is 1. The third-order valence-corrected chi connectivity index (χ3v) is 9.37. The van der Waals surface area contributed by atoms with Gasteiger partial charge < -0.3 is 30.3 Å². The number of fused-ring (bicyclic) bond motifs is 1. The summed E-state index contributed by atoms with van der Waals surface area (Å²) in [6.45, 7) is 3.16. The number of aromatic hydroxyl groups is 1. The van der Waals surface area contributed by atoms with Crippen LogP contribution in [0.4, 0.5) is 5.69 Å². The number of amides is 3. The fourth-order valence-corrected chi connectivity index (χ4v) is 7.41. The van der Waals surface area contributed by atoms with Crippen LogP contribution < -0.4 is 10.6 Å². The van der Waals surface area contributed by atoms with Gasteiger partial charge in [0.2, 0.25) is 17.7 Å². The zero-order valence-corrected chi connectivity index (χ0v) is 22.5. The van der Waals surface area contributed by atoms with Crippen LogP contribution in [-0.4, -0.2) is 82.6 Å².